The average Bonchev–Trinajstić information content (AvgIpc) is 2.44. The van der Waals surface area contributed by atoms with Crippen LogP contribution in [0.5, 0.6) is 5.75 Å². The van der Waals surface area contributed by atoms with Crippen molar-refractivity contribution < 1.29 is 17.9 Å². The summed E-state index contributed by atoms with van der Waals surface area (Å²) in [6.45, 7) is 4.30. The highest BCUT2D eigenvalue weighted by atomic mass is 32.2. The zero-order chi connectivity index (χ0) is 16.3. The van der Waals surface area contributed by atoms with Gasteiger partial charge in [-0.2, -0.15) is 0 Å². The van der Waals surface area contributed by atoms with Crippen molar-refractivity contribution in [1.82, 2.24) is 9.80 Å². The van der Waals surface area contributed by atoms with Crippen LogP contribution < -0.4 is 4.74 Å². The molecule has 2 rings (SSSR count). The zero-order valence-corrected chi connectivity index (χ0v) is 14.0. The molecule has 22 heavy (non-hydrogen) atoms. The molecule has 1 aliphatic rings. The van der Waals surface area contributed by atoms with Gasteiger partial charge in [-0.05, 0) is 32.2 Å². The lowest BCUT2D eigenvalue weighted by molar-refractivity contribution is -0.137. The van der Waals surface area contributed by atoms with E-state index in [-0.39, 0.29) is 23.5 Å². The Kier molecular flexibility index (Phi) is 5.08. The summed E-state index contributed by atoms with van der Waals surface area (Å²) >= 11 is 0. The van der Waals surface area contributed by atoms with Crippen molar-refractivity contribution in [3.63, 3.8) is 0 Å². The summed E-state index contributed by atoms with van der Waals surface area (Å²) in [6, 6.07) is 6.35. The van der Waals surface area contributed by atoms with E-state index in [1.54, 1.807) is 17.0 Å². The first kappa shape index (κ1) is 16.8. The summed E-state index contributed by atoms with van der Waals surface area (Å²) in [6.07, 6.45) is 1.14. The molecule has 1 saturated heterocycles. The monoisotopic (exact) mass is 326 g/mol. The maximum Gasteiger partial charge on any atom is 0.260 e. The fourth-order valence-electron chi connectivity index (χ4n) is 2.53. The molecular formula is C15H22N2O4S. The van der Waals surface area contributed by atoms with Crippen LogP contribution in [0.1, 0.15) is 6.92 Å². The molecule has 1 aromatic carbocycles. The number of carbonyl (C=O) groups is 1. The minimum atomic E-state index is -3.28. The van der Waals surface area contributed by atoms with E-state index in [4.69, 9.17) is 4.74 Å². The Bertz CT molecular complexity index is 645. The van der Waals surface area contributed by atoms with Gasteiger partial charge in [0.25, 0.3) is 5.91 Å². The lowest BCUT2D eigenvalue weighted by atomic mass is 10.2. The summed E-state index contributed by atoms with van der Waals surface area (Å²) in [7, 11) is -1.25. The number of sulfone groups is 1. The fourth-order valence-corrected chi connectivity index (χ4v) is 3.19. The van der Waals surface area contributed by atoms with Crippen molar-refractivity contribution in [1.29, 1.82) is 0 Å². The van der Waals surface area contributed by atoms with Crippen LogP contribution in [0.4, 0.5) is 0 Å². The van der Waals surface area contributed by atoms with Crippen LogP contribution in [0.2, 0.25) is 0 Å². The van der Waals surface area contributed by atoms with Crippen LogP contribution in [0.25, 0.3) is 0 Å². The number of hydrogen-bond acceptors (Lipinski definition) is 5. The summed E-state index contributed by atoms with van der Waals surface area (Å²) < 4.78 is 28.5. The van der Waals surface area contributed by atoms with Gasteiger partial charge in [0.1, 0.15) is 5.75 Å². The molecule has 1 aromatic rings. The third-order valence-electron chi connectivity index (χ3n) is 3.75. The molecule has 0 aromatic heterocycles. The number of amides is 1. The first-order valence-electron chi connectivity index (χ1n) is 7.18. The quantitative estimate of drug-likeness (QED) is 0.812. The van der Waals surface area contributed by atoms with E-state index in [1.807, 2.05) is 14.0 Å². The number of benzene rings is 1. The third kappa shape index (κ3) is 4.20. The SMILES string of the molecule is C[C@@H]1CN(C)CCN1C(=O)COc1cccc(S(C)(=O)=O)c1. The van der Waals surface area contributed by atoms with E-state index >= 15 is 0 Å². The molecular weight excluding hydrogens is 304 g/mol. The highest BCUT2D eigenvalue weighted by molar-refractivity contribution is 7.90. The van der Waals surface area contributed by atoms with Crippen LogP contribution in [0, 0.1) is 0 Å². The Morgan fingerprint density at radius 2 is 2.09 bits per heavy atom. The van der Waals surface area contributed by atoms with Crippen LogP contribution in [0.15, 0.2) is 29.2 Å². The number of nitrogens with zero attached hydrogens (tertiary/aromatic N) is 2. The molecule has 1 amide bonds. The van der Waals surface area contributed by atoms with Crippen LogP contribution >= 0.6 is 0 Å². The number of carbonyl (C=O) groups excluding carboxylic acids is 1. The second-order valence-corrected chi connectivity index (χ2v) is 7.75. The lowest BCUT2D eigenvalue weighted by Gasteiger charge is -2.38. The van der Waals surface area contributed by atoms with Gasteiger partial charge in [-0.15, -0.1) is 0 Å². The van der Waals surface area contributed by atoms with Crippen molar-refractivity contribution >= 4 is 15.7 Å². The number of ether oxygens (including phenoxy) is 1. The molecule has 0 unspecified atom stereocenters. The highest BCUT2D eigenvalue weighted by Crippen LogP contribution is 2.17. The standard InChI is InChI=1S/C15H22N2O4S/c1-12-10-16(2)7-8-17(12)15(18)11-21-13-5-4-6-14(9-13)22(3,19)20/h4-6,9,12H,7-8,10-11H2,1-3H3/t12-/m1/s1. The van der Waals surface area contributed by atoms with E-state index in [0.29, 0.717) is 12.3 Å². The van der Waals surface area contributed by atoms with Crippen molar-refractivity contribution in [3.05, 3.63) is 24.3 Å². The van der Waals surface area contributed by atoms with E-state index < -0.39 is 9.84 Å². The molecule has 1 heterocycles. The normalized spacial score (nSPS) is 20.0. The fraction of sp³-hybridized carbons (Fsp3) is 0.533. The van der Waals surface area contributed by atoms with Gasteiger partial charge in [0.05, 0.1) is 4.90 Å². The second kappa shape index (κ2) is 6.66. The van der Waals surface area contributed by atoms with E-state index in [9.17, 15) is 13.2 Å². The molecule has 0 radical (unpaired) electrons. The number of likely N-dealkylation sites (N-methyl/N-ethyl adjacent to an activating group) is 1. The average molecular weight is 326 g/mol. The van der Waals surface area contributed by atoms with Gasteiger partial charge in [-0.3, -0.25) is 4.79 Å². The Balaban J connectivity index is 1.97. The van der Waals surface area contributed by atoms with Crippen molar-refractivity contribution in [3.8, 4) is 5.75 Å². The lowest BCUT2D eigenvalue weighted by Crippen LogP contribution is -2.53. The minimum Gasteiger partial charge on any atom is -0.484 e. The molecule has 0 saturated carbocycles. The van der Waals surface area contributed by atoms with Gasteiger partial charge < -0.3 is 14.5 Å². The Hall–Kier alpha value is -1.60. The van der Waals surface area contributed by atoms with Gasteiger partial charge in [-0.25, -0.2) is 8.42 Å². The predicted octanol–water partition coefficient (Wildman–Crippen LogP) is 0.631. The van der Waals surface area contributed by atoms with Gasteiger partial charge in [-0.1, -0.05) is 6.07 Å². The van der Waals surface area contributed by atoms with Crippen molar-refractivity contribution in [2.45, 2.75) is 17.9 Å². The van der Waals surface area contributed by atoms with Crippen LogP contribution in [0.3, 0.4) is 0 Å². The first-order valence-corrected chi connectivity index (χ1v) is 9.07. The maximum atomic E-state index is 12.2. The van der Waals surface area contributed by atoms with Crippen molar-refractivity contribution in [2.75, 3.05) is 39.5 Å². The van der Waals surface area contributed by atoms with E-state index in [0.717, 1.165) is 19.3 Å². The van der Waals surface area contributed by atoms with E-state index in [2.05, 4.69) is 4.90 Å². The van der Waals surface area contributed by atoms with Crippen LogP contribution in [-0.4, -0.2) is 69.7 Å². The first-order chi connectivity index (χ1) is 10.3. The molecule has 0 aliphatic carbocycles. The van der Waals surface area contributed by atoms with Gasteiger partial charge in [0.2, 0.25) is 0 Å². The van der Waals surface area contributed by atoms with Gasteiger partial charge in [0, 0.05) is 31.9 Å². The largest absolute Gasteiger partial charge is 0.484 e. The predicted molar refractivity (Wildman–Crippen MR) is 83.7 cm³/mol. The minimum absolute atomic E-state index is 0.0784. The molecule has 1 fully saturated rings. The topological polar surface area (TPSA) is 66.9 Å². The molecule has 6 nitrogen and oxygen atoms in total. The molecule has 0 spiro atoms. The molecule has 1 aliphatic heterocycles. The summed E-state index contributed by atoms with van der Waals surface area (Å²) in [5, 5.41) is 0. The second-order valence-electron chi connectivity index (χ2n) is 5.73. The van der Waals surface area contributed by atoms with Crippen LogP contribution in [-0.2, 0) is 14.6 Å². The molecule has 1 atom stereocenters. The Morgan fingerprint density at radius 3 is 2.73 bits per heavy atom. The van der Waals surface area contributed by atoms with Crippen molar-refractivity contribution in [2.24, 2.45) is 0 Å². The van der Waals surface area contributed by atoms with Gasteiger partial charge in [0.15, 0.2) is 16.4 Å². The number of hydrogen-bond donors (Lipinski definition) is 0. The number of piperazine rings is 1. The molecule has 0 bridgehead atoms. The highest BCUT2D eigenvalue weighted by Gasteiger charge is 2.25. The Morgan fingerprint density at radius 1 is 1.36 bits per heavy atom. The zero-order valence-electron chi connectivity index (χ0n) is 13.2. The molecule has 0 N–H and O–H groups in total. The Labute approximate surface area is 131 Å². The smallest absolute Gasteiger partial charge is 0.260 e. The third-order valence-corrected chi connectivity index (χ3v) is 4.86. The van der Waals surface area contributed by atoms with Gasteiger partial charge >= 0.3 is 0 Å². The summed E-state index contributed by atoms with van der Waals surface area (Å²) in [5.74, 6) is 0.309. The molecule has 7 heteroatoms. The van der Waals surface area contributed by atoms with E-state index in [1.165, 1.54) is 12.1 Å². The molecule has 122 valence electrons. The summed E-state index contributed by atoms with van der Waals surface area (Å²) in [4.78, 5) is 16.4. The number of rotatable bonds is 4. The summed E-state index contributed by atoms with van der Waals surface area (Å²) in [5.41, 5.74) is 0. The maximum absolute atomic E-state index is 12.2.